The van der Waals surface area contributed by atoms with Gasteiger partial charge in [0.2, 0.25) is 5.91 Å². The van der Waals surface area contributed by atoms with Crippen LogP contribution in [0.2, 0.25) is 0 Å². The highest BCUT2D eigenvalue weighted by molar-refractivity contribution is 7.92. The molecule has 41 heavy (non-hydrogen) atoms. The van der Waals surface area contributed by atoms with Gasteiger partial charge in [-0.05, 0) is 73.1 Å². The van der Waals surface area contributed by atoms with Crippen molar-refractivity contribution in [2.75, 3.05) is 39.3 Å². The van der Waals surface area contributed by atoms with E-state index in [1.807, 2.05) is 6.92 Å². The van der Waals surface area contributed by atoms with Crippen LogP contribution in [-0.4, -0.2) is 49.3 Å². The maximum Gasteiger partial charge on any atom is 0.265 e. The normalized spacial score (nSPS) is 13.5. The molecule has 10 heteroatoms. The predicted octanol–water partition coefficient (Wildman–Crippen LogP) is 5.06. The Morgan fingerprint density at radius 1 is 0.829 bits per heavy atom. The molecule has 0 radical (unpaired) electrons. The lowest BCUT2D eigenvalue weighted by Crippen LogP contribution is -2.42. The Hall–Kier alpha value is -3.92. The smallest absolute Gasteiger partial charge is 0.265 e. The van der Waals surface area contributed by atoms with Crippen LogP contribution >= 0.6 is 0 Å². The first kappa shape index (κ1) is 30.0. The third-order valence-electron chi connectivity index (χ3n) is 7.40. The van der Waals surface area contributed by atoms with Gasteiger partial charge >= 0.3 is 0 Å². The first-order valence-electron chi connectivity index (χ1n) is 13.6. The molecule has 0 bridgehead atoms. The van der Waals surface area contributed by atoms with Crippen molar-refractivity contribution in [2.45, 2.75) is 50.0 Å². The summed E-state index contributed by atoms with van der Waals surface area (Å²) in [5.74, 6) is 0.849. The number of hydrogen-bond acceptors (Lipinski definition) is 7. The molecule has 1 N–H and O–H groups in total. The van der Waals surface area contributed by atoms with E-state index >= 15 is 0 Å². The van der Waals surface area contributed by atoms with Crippen LogP contribution < -0.4 is 28.6 Å². The number of methoxy groups -OCH3 is 4. The van der Waals surface area contributed by atoms with Crippen molar-refractivity contribution in [1.29, 1.82) is 0 Å². The van der Waals surface area contributed by atoms with Crippen LogP contribution in [0.4, 0.5) is 5.69 Å². The molecule has 1 aliphatic rings. The quantitative estimate of drug-likeness (QED) is 0.318. The predicted molar refractivity (Wildman–Crippen MR) is 158 cm³/mol. The zero-order valence-electron chi connectivity index (χ0n) is 24.2. The van der Waals surface area contributed by atoms with Gasteiger partial charge in [0.1, 0.15) is 18.0 Å². The molecular weight excluding hydrogens is 544 g/mol. The number of ether oxygens (including phenoxy) is 4. The van der Waals surface area contributed by atoms with Crippen molar-refractivity contribution >= 4 is 21.6 Å². The van der Waals surface area contributed by atoms with Crippen LogP contribution in [0.1, 0.15) is 48.9 Å². The number of anilines is 1. The van der Waals surface area contributed by atoms with Crippen molar-refractivity contribution in [3.63, 3.8) is 0 Å². The molecule has 9 nitrogen and oxygen atoms in total. The number of rotatable bonds is 12. The molecule has 3 aromatic rings. The van der Waals surface area contributed by atoms with E-state index in [1.165, 1.54) is 70.3 Å². The number of amides is 1. The Morgan fingerprint density at radius 2 is 1.51 bits per heavy atom. The van der Waals surface area contributed by atoms with Crippen molar-refractivity contribution in [1.82, 2.24) is 5.32 Å². The monoisotopic (exact) mass is 582 g/mol. The second kappa shape index (κ2) is 13.2. The fourth-order valence-electron chi connectivity index (χ4n) is 5.16. The van der Waals surface area contributed by atoms with E-state index in [0.29, 0.717) is 17.9 Å². The van der Waals surface area contributed by atoms with Gasteiger partial charge in [-0.2, -0.15) is 0 Å². The largest absolute Gasteiger partial charge is 0.497 e. The van der Waals surface area contributed by atoms with Crippen molar-refractivity contribution < 1.29 is 32.2 Å². The molecule has 1 amide bonds. The Bertz CT molecular complexity index is 1490. The van der Waals surface area contributed by atoms with E-state index < -0.39 is 22.5 Å². The Morgan fingerprint density at radius 3 is 2.17 bits per heavy atom. The molecule has 0 heterocycles. The zero-order chi connectivity index (χ0) is 29.6. The number of benzene rings is 3. The number of carbonyl (C=O) groups is 1. The summed E-state index contributed by atoms with van der Waals surface area (Å²) >= 11 is 0. The second-order valence-corrected chi connectivity index (χ2v) is 11.7. The van der Waals surface area contributed by atoms with Gasteiger partial charge in [-0.15, -0.1) is 0 Å². The van der Waals surface area contributed by atoms with Gasteiger partial charge in [-0.1, -0.05) is 25.1 Å². The molecule has 0 aliphatic heterocycles. The Labute approximate surface area is 242 Å². The molecule has 3 aromatic carbocycles. The number of nitrogens with zero attached hydrogens (tertiary/aromatic N) is 1. The van der Waals surface area contributed by atoms with Gasteiger partial charge in [0.05, 0.1) is 45.1 Å². The van der Waals surface area contributed by atoms with Gasteiger partial charge in [-0.3, -0.25) is 9.10 Å². The van der Waals surface area contributed by atoms with Crippen molar-refractivity contribution in [3.05, 3.63) is 71.3 Å². The number of fused-ring (bicyclic) bond motifs is 1. The van der Waals surface area contributed by atoms with Crippen molar-refractivity contribution in [2.24, 2.45) is 0 Å². The van der Waals surface area contributed by atoms with E-state index in [9.17, 15) is 13.2 Å². The van der Waals surface area contributed by atoms with Crippen LogP contribution in [0.15, 0.2) is 59.5 Å². The maximum absolute atomic E-state index is 14.1. The number of sulfonamides is 1. The molecule has 0 unspecified atom stereocenters. The van der Waals surface area contributed by atoms with E-state index in [1.54, 1.807) is 12.1 Å². The highest BCUT2D eigenvalue weighted by atomic mass is 32.2. The molecule has 1 aliphatic carbocycles. The van der Waals surface area contributed by atoms with Crippen LogP contribution in [0.25, 0.3) is 0 Å². The van der Waals surface area contributed by atoms with Gasteiger partial charge in [0, 0.05) is 12.1 Å². The summed E-state index contributed by atoms with van der Waals surface area (Å²) < 4.78 is 50.8. The average molecular weight is 583 g/mol. The Balaban J connectivity index is 1.71. The fourth-order valence-corrected chi connectivity index (χ4v) is 6.60. The summed E-state index contributed by atoms with van der Waals surface area (Å²) in [5.41, 5.74) is 3.85. The van der Waals surface area contributed by atoms with E-state index in [-0.39, 0.29) is 28.1 Å². The Kier molecular flexibility index (Phi) is 9.65. The highest BCUT2D eigenvalue weighted by Gasteiger charge is 2.31. The molecule has 0 saturated carbocycles. The zero-order valence-corrected chi connectivity index (χ0v) is 25.0. The molecule has 0 fully saturated rings. The molecule has 0 aromatic heterocycles. The van der Waals surface area contributed by atoms with Crippen LogP contribution in [0, 0.1) is 0 Å². The minimum atomic E-state index is -4.28. The average Bonchev–Trinajstić information content (AvgIpc) is 3.01. The molecule has 0 saturated heterocycles. The third kappa shape index (κ3) is 6.53. The van der Waals surface area contributed by atoms with Gasteiger partial charge in [-0.25, -0.2) is 8.42 Å². The first-order chi connectivity index (χ1) is 19.7. The number of aryl methyl sites for hydroxylation is 2. The molecule has 220 valence electrons. The summed E-state index contributed by atoms with van der Waals surface area (Å²) in [7, 11) is 1.54. The molecule has 4 rings (SSSR count). The fraction of sp³-hybridized carbons (Fsp3) is 0.387. The van der Waals surface area contributed by atoms with Crippen LogP contribution in [0.3, 0.4) is 0 Å². The summed E-state index contributed by atoms with van der Waals surface area (Å²) in [6, 6.07) is 15.2. The molecule has 0 spiro atoms. The lowest BCUT2D eigenvalue weighted by molar-refractivity contribution is -0.120. The highest BCUT2D eigenvalue weighted by Crippen LogP contribution is 2.37. The first-order valence-corrected chi connectivity index (χ1v) is 15.1. The van der Waals surface area contributed by atoms with Crippen LogP contribution in [-0.2, 0) is 27.7 Å². The number of nitrogens with one attached hydrogen (secondary N) is 1. The molecular formula is C31H38N2O7S. The second-order valence-electron chi connectivity index (χ2n) is 9.83. The summed E-state index contributed by atoms with van der Waals surface area (Å²) in [6.45, 7) is 1.51. The van der Waals surface area contributed by atoms with Crippen molar-refractivity contribution in [3.8, 4) is 23.0 Å². The summed E-state index contributed by atoms with van der Waals surface area (Å²) in [6.07, 6.45) is 5.10. The van der Waals surface area contributed by atoms with Gasteiger partial charge in [0.15, 0.2) is 11.5 Å². The van der Waals surface area contributed by atoms with Gasteiger partial charge < -0.3 is 24.3 Å². The van der Waals surface area contributed by atoms with Gasteiger partial charge in [0.25, 0.3) is 10.0 Å². The number of carbonyl (C=O) groups excluding carboxylic acids is 1. The summed E-state index contributed by atoms with van der Waals surface area (Å²) in [4.78, 5) is 13.5. The van der Waals surface area contributed by atoms with E-state index in [4.69, 9.17) is 18.9 Å². The maximum atomic E-state index is 14.1. The SMILES string of the molecule is CC[C@H](NC(=O)CN(c1cc(OC)ccc1OC)S(=O)(=O)c1ccc(OC)c(OC)c1)c1ccc2c(c1)CCCC2. The number of hydrogen-bond donors (Lipinski definition) is 1. The van der Waals surface area contributed by atoms with E-state index in [0.717, 1.165) is 29.1 Å². The lowest BCUT2D eigenvalue weighted by Gasteiger charge is -2.27. The topological polar surface area (TPSA) is 103 Å². The minimum Gasteiger partial charge on any atom is -0.497 e. The molecule has 1 atom stereocenters. The lowest BCUT2D eigenvalue weighted by atomic mass is 9.89. The van der Waals surface area contributed by atoms with E-state index in [2.05, 4.69) is 23.5 Å². The summed E-state index contributed by atoms with van der Waals surface area (Å²) in [5, 5.41) is 3.06. The minimum absolute atomic E-state index is 0.0745. The third-order valence-corrected chi connectivity index (χ3v) is 9.16. The standard InChI is InChI=1S/C31H38N2O7S/c1-6-26(23-12-11-21-9-7-8-10-22(21)17-23)32-31(34)20-33(27-18-24(37-2)13-15-28(27)38-3)41(35,36)25-14-16-29(39-4)30(19-25)40-5/h11-19,26H,6-10,20H2,1-5H3,(H,32,34)/t26-/m0/s1. The van der Waals surface area contributed by atoms with Crippen LogP contribution in [0.5, 0.6) is 23.0 Å².